The van der Waals surface area contributed by atoms with Gasteiger partial charge in [0.1, 0.15) is 5.82 Å². The van der Waals surface area contributed by atoms with E-state index in [0.717, 1.165) is 6.07 Å². The van der Waals surface area contributed by atoms with Gasteiger partial charge < -0.3 is 10.6 Å². The Morgan fingerprint density at radius 3 is 2.46 bits per heavy atom. The molecule has 2 rings (SSSR count). The normalized spacial score (nSPS) is 11.2. The summed E-state index contributed by atoms with van der Waals surface area (Å²) in [6.07, 6.45) is 0. The molecule has 0 saturated heterocycles. The molecule has 2 aromatic carbocycles. The Labute approximate surface area is 163 Å². The molecule has 0 aliphatic carbocycles. The maximum atomic E-state index is 13.7. The third kappa shape index (κ3) is 5.78. The van der Waals surface area contributed by atoms with Gasteiger partial charge in [0, 0.05) is 17.3 Å². The Hall–Kier alpha value is -2.94. The number of aryl methyl sites for hydroxylation is 1. The Kier molecular flexibility index (Phi) is 6.74. The van der Waals surface area contributed by atoms with E-state index in [9.17, 15) is 22.4 Å². The van der Waals surface area contributed by atoms with Crippen molar-refractivity contribution in [3.05, 3.63) is 59.4 Å². The minimum Gasteiger partial charge on any atom is -0.352 e. The number of nitrogens with one attached hydrogen (secondary N) is 3. The minimum absolute atomic E-state index is 0.0475. The van der Waals surface area contributed by atoms with Crippen molar-refractivity contribution in [3.8, 4) is 0 Å². The second-order valence-corrected chi connectivity index (χ2v) is 8.18. The fraction of sp³-hybridized carbons (Fsp3) is 0.263. The molecule has 0 heterocycles. The summed E-state index contributed by atoms with van der Waals surface area (Å²) in [4.78, 5) is 23.6. The largest absolute Gasteiger partial charge is 0.352 e. The van der Waals surface area contributed by atoms with Crippen molar-refractivity contribution in [1.29, 1.82) is 0 Å². The molecule has 0 spiro atoms. The van der Waals surface area contributed by atoms with Crippen LogP contribution in [0.3, 0.4) is 0 Å². The number of carbonyl (C=O) groups is 2. The number of halogens is 1. The third-order valence-electron chi connectivity index (χ3n) is 3.69. The molecular weight excluding hydrogens is 385 g/mol. The van der Waals surface area contributed by atoms with E-state index in [2.05, 4.69) is 15.4 Å². The number of hydrogen-bond donors (Lipinski definition) is 3. The molecule has 0 aliphatic rings. The number of rotatable bonds is 7. The summed E-state index contributed by atoms with van der Waals surface area (Å²) >= 11 is 0. The van der Waals surface area contributed by atoms with Crippen LogP contribution in [-0.4, -0.2) is 32.8 Å². The van der Waals surface area contributed by atoms with Crippen LogP contribution < -0.4 is 15.4 Å². The smallest absolute Gasteiger partial charge is 0.261 e. The van der Waals surface area contributed by atoms with Crippen LogP contribution in [0, 0.1) is 12.7 Å². The van der Waals surface area contributed by atoms with Crippen molar-refractivity contribution in [3.63, 3.8) is 0 Å². The summed E-state index contributed by atoms with van der Waals surface area (Å²) in [5.74, 6) is -1.49. The lowest BCUT2D eigenvalue weighted by Crippen LogP contribution is -2.39. The summed E-state index contributed by atoms with van der Waals surface area (Å²) in [7, 11) is -4.02. The van der Waals surface area contributed by atoms with E-state index in [1.807, 2.05) is 0 Å². The standard InChI is InChI=1S/C19H22FN3O4S/c1-12(2)22-18(24)11-21-19(25)14-5-4-6-15(9-14)23-28(26,27)16-8-7-13(3)17(20)10-16/h4-10,12,23H,11H2,1-3H3,(H,21,25)(H,22,24). The van der Waals surface area contributed by atoms with Gasteiger partial charge in [0.15, 0.2) is 0 Å². The van der Waals surface area contributed by atoms with Gasteiger partial charge in [0.25, 0.3) is 15.9 Å². The van der Waals surface area contributed by atoms with Crippen molar-refractivity contribution in [2.24, 2.45) is 0 Å². The zero-order valence-corrected chi connectivity index (χ0v) is 16.6. The lowest BCUT2D eigenvalue weighted by atomic mass is 10.2. The van der Waals surface area contributed by atoms with E-state index >= 15 is 0 Å². The molecule has 0 aromatic heterocycles. The van der Waals surface area contributed by atoms with Gasteiger partial charge in [-0.3, -0.25) is 14.3 Å². The highest BCUT2D eigenvalue weighted by atomic mass is 32.2. The summed E-state index contributed by atoms with van der Waals surface area (Å²) in [5, 5.41) is 5.10. The lowest BCUT2D eigenvalue weighted by molar-refractivity contribution is -0.120. The van der Waals surface area contributed by atoms with Crippen LogP contribution in [0.2, 0.25) is 0 Å². The number of benzene rings is 2. The fourth-order valence-electron chi connectivity index (χ4n) is 2.31. The van der Waals surface area contributed by atoms with E-state index in [0.29, 0.717) is 5.56 Å². The zero-order chi connectivity index (χ0) is 20.9. The van der Waals surface area contributed by atoms with Crippen molar-refractivity contribution >= 4 is 27.5 Å². The highest BCUT2D eigenvalue weighted by Crippen LogP contribution is 2.19. The molecule has 0 aliphatic heterocycles. The predicted molar refractivity (Wildman–Crippen MR) is 104 cm³/mol. The van der Waals surface area contributed by atoms with E-state index in [4.69, 9.17) is 0 Å². The molecule has 0 bridgehead atoms. The van der Waals surface area contributed by atoms with Gasteiger partial charge in [-0.1, -0.05) is 12.1 Å². The first kappa shape index (κ1) is 21.4. The molecule has 0 unspecified atom stereocenters. The van der Waals surface area contributed by atoms with Crippen LogP contribution in [0.5, 0.6) is 0 Å². The van der Waals surface area contributed by atoms with Crippen LogP contribution in [0.4, 0.5) is 10.1 Å². The molecule has 0 saturated carbocycles. The average molecular weight is 407 g/mol. The fourth-order valence-corrected chi connectivity index (χ4v) is 3.38. The Balaban J connectivity index is 2.11. The monoisotopic (exact) mass is 407 g/mol. The van der Waals surface area contributed by atoms with Gasteiger partial charge in [0.2, 0.25) is 5.91 Å². The molecule has 2 amide bonds. The summed E-state index contributed by atoms with van der Waals surface area (Å²) in [5.41, 5.74) is 0.645. The molecule has 0 fully saturated rings. The minimum atomic E-state index is -4.02. The molecule has 150 valence electrons. The predicted octanol–water partition coefficient (Wildman–Crippen LogP) is 2.19. The first-order chi connectivity index (χ1) is 13.1. The third-order valence-corrected chi connectivity index (χ3v) is 5.07. The second-order valence-electron chi connectivity index (χ2n) is 6.50. The average Bonchev–Trinajstić information content (AvgIpc) is 2.61. The van der Waals surface area contributed by atoms with Crippen molar-refractivity contribution in [2.45, 2.75) is 31.7 Å². The van der Waals surface area contributed by atoms with Crippen LogP contribution in [-0.2, 0) is 14.8 Å². The Morgan fingerprint density at radius 2 is 1.82 bits per heavy atom. The summed E-state index contributed by atoms with van der Waals surface area (Å²) in [6, 6.07) is 9.33. The maximum absolute atomic E-state index is 13.7. The number of sulfonamides is 1. The molecule has 7 nitrogen and oxygen atoms in total. The molecular formula is C19H22FN3O4S. The van der Waals surface area contributed by atoms with Gasteiger partial charge in [0.05, 0.1) is 11.4 Å². The number of anilines is 1. The van der Waals surface area contributed by atoms with Crippen LogP contribution in [0.15, 0.2) is 47.4 Å². The van der Waals surface area contributed by atoms with Gasteiger partial charge in [-0.2, -0.15) is 0 Å². The van der Waals surface area contributed by atoms with E-state index in [-0.39, 0.29) is 34.6 Å². The maximum Gasteiger partial charge on any atom is 0.261 e. The Bertz CT molecular complexity index is 990. The van der Waals surface area contributed by atoms with E-state index in [1.54, 1.807) is 13.8 Å². The first-order valence-electron chi connectivity index (χ1n) is 8.55. The summed E-state index contributed by atoms with van der Waals surface area (Å²) < 4.78 is 40.8. The highest BCUT2D eigenvalue weighted by Gasteiger charge is 2.17. The highest BCUT2D eigenvalue weighted by molar-refractivity contribution is 7.92. The van der Waals surface area contributed by atoms with Crippen LogP contribution in [0.1, 0.15) is 29.8 Å². The molecule has 0 atom stereocenters. The molecule has 2 aromatic rings. The number of amides is 2. The Morgan fingerprint density at radius 1 is 1.11 bits per heavy atom. The second kappa shape index (κ2) is 8.83. The van der Waals surface area contributed by atoms with Gasteiger partial charge >= 0.3 is 0 Å². The molecule has 0 radical (unpaired) electrons. The van der Waals surface area contributed by atoms with Crippen LogP contribution >= 0.6 is 0 Å². The van der Waals surface area contributed by atoms with Crippen LogP contribution in [0.25, 0.3) is 0 Å². The van der Waals surface area contributed by atoms with Crippen molar-refractivity contribution in [2.75, 3.05) is 11.3 Å². The van der Waals surface area contributed by atoms with Crippen molar-refractivity contribution < 1.29 is 22.4 Å². The van der Waals surface area contributed by atoms with E-state index < -0.39 is 21.7 Å². The molecule has 3 N–H and O–H groups in total. The van der Waals surface area contributed by atoms with Crippen molar-refractivity contribution in [1.82, 2.24) is 10.6 Å². The topological polar surface area (TPSA) is 104 Å². The lowest BCUT2D eigenvalue weighted by Gasteiger charge is -2.11. The quantitative estimate of drug-likeness (QED) is 0.654. The number of carbonyl (C=O) groups excluding carboxylic acids is 2. The first-order valence-corrected chi connectivity index (χ1v) is 10.0. The van der Waals surface area contributed by atoms with Gasteiger partial charge in [-0.25, -0.2) is 12.8 Å². The zero-order valence-electron chi connectivity index (χ0n) is 15.7. The van der Waals surface area contributed by atoms with E-state index in [1.165, 1.54) is 43.3 Å². The SMILES string of the molecule is Cc1ccc(S(=O)(=O)Nc2cccc(C(=O)NCC(=O)NC(C)C)c2)cc1F. The molecule has 9 heteroatoms. The van der Waals surface area contributed by atoms with Gasteiger partial charge in [-0.05, 0) is 56.7 Å². The van der Waals surface area contributed by atoms with Gasteiger partial charge in [-0.15, -0.1) is 0 Å². The number of hydrogen-bond acceptors (Lipinski definition) is 4. The summed E-state index contributed by atoms with van der Waals surface area (Å²) in [6.45, 7) is 4.93. The molecule has 28 heavy (non-hydrogen) atoms.